The van der Waals surface area contributed by atoms with Gasteiger partial charge in [-0.15, -0.1) is 0 Å². The van der Waals surface area contributed by atoms with Crippen LogP contribution in [0.15, 0.2) is 71.8 Å². The lowest BCUT2D eigenvalue weighted by Crippen LogP contribution is -2.25. The third-order valence-electron chi connectivity index (χ3n) is 4.30. The van der Waals surface area contributed by atoms with Gasteiger partial charge in [0, 0.05) is 5.02 Å². The molecule has 3 aromatic carbocycles. The number of carbonyl (C=O) groups excluding carboxylic acids is 1. The average molecular weight is 551 g/mol. The lowest BCUT2D eigenvalue weighted by Gasteiger charge is -2.14. The summed E-state index contributed by atoms with van der Waals surface area (Å²) in [6.45, 7) is 0.365. The van der Waals surface area contributed by atoms with E-state index in [-0.39, 0.29) is 0 Å². The molecule has 0 bridgehead atoms. The van der Waals surface area contributed by atoms with Crippen LogP contribution in [0.4, 0.5) is 0 Å². The van der Waals surface area contributed by atoms with Crippen LogP contribution in [-0.2, 0) is 11.4 Å². The molecule has 6 nitrogen and oxygen atoms in total. The molecule has 0 fully saturated rings. The van der Waals surface area contributed by atoms with Gasteiger partial charge < -0.3 is 14.6 Å². The molecular weight excluding hydrogens is 531 g/mol. The minimum Gasteiger partial charge on any atom is -0.493 e. The van der Waals surface area contributed by atoms with Crippen LogP contribution >= 0.6 is 34.2 Å². The number of aliphatic hydroxyl groups excluding tert-OH is 1. The first-order valence-electron chi connectivity index (χ1n) is 9.28. The number of benzene rings is 3. The van der Waals surface area contributed by atoms with E-state index in [9.17, 15) is 9.90 Å². The smallest absolute Gasteiger partial charge is 0.273 e. The second-order valence-electron chi connectivity index (χ2n) is 6.50. The number of aliphatic hydroxyl groups is 1. The van der Waals surface area contributed by atoms with Crippen LogP contribution in [0.1, 0.15) is 22.8 Å². The number of nitrogens with one attached hydrogen (secondary N) is 1. The van der Waals surface area contributed by atoms with Crippen molar-refractivity contribution in [2.24, 2.45) is 5.10 Å². The summed E-state index contributed by atoms with van der Waals surface area (Å²) in [5.74, 6) is 0.531. The molecule has 0 aliphatic carbocycles. The molecule has 0 aliphatic heterocycles. The Morgan fingerprint density at radius 2 is 1.90 bits per heavy atom. The summed E-state index contributed by atoms with van der Waals surface area (Å²) < 4.78 is 12.2. The first-order chi connectivity index (χ1) is 15.0. The summed E-state index contributed by atoms with van der Waals surface area (Å²) in [5.41, 5.74) is 4.52. The van der Waals surface area contributed by atoms with Crippen molar-refractivity contribution >= 4 is 46.3 Å². The number of ether oxygens (including phenoxy) is 2. The highest BCUT2D eigenvalue weighted by atomic mass is 127. The molecule has 0 heterocycles. The first-order valence-corrected chi connectivity index (χ1v) is 10.7. The molecular formula is C23H20ClIN2O4. The summed E-state index contributed by atoms with van der Waals surface area (Å²) in [7, 11) is 1.56. The molecule has 8 heteroatoms. The summed E-state index contributed by atoms with van der Waals surface area (Å²) in [5, 5.41) is 14.7. The van der Waals surface area contributed by atoms with Crippen molar-refractivity contribution in [3.05, 3.63) is 92.0 Å². The fourth-order valence-corrected chi connectivity index (χ4v) is 3.62. The predicted molar refractivity (Wildman–Crippen MR) is 129 cm³/mol. The summed E-state index contributed by atoms with van der Waals surface area (Å²) in [6, 6.07) is 19.7. The third-order valence-corrected chi connectivity index (χ3v) is 5.35. The van der Waals surface area contributed by atoms with Gasteiger partial charge in [-0.25, -0.2) is 5.43 Å². The zero-order valence-corrected chi connectivity index (χ0v) is 19.5. The maximum Gasteiger partial charge on any atom is 0.273 e. The Balaban J connectivity index is 1.66. The third kappa shape index (κ3) is 6.43. The number of rotatable bonds is 8. The van der Waals surface area contributed by atoms with Crippen molar-refractivity contribution in [1.29, 1.82) is 0 Å². The Labute approximate surface area is 199 Å². The van der Waals surface area contributed by atoms with E-state index in [0.717, 1.165) is 9.13 Å². The second kappa shape index (κ2) is 11.1. The van der Waals surface area contributed by atoms with Crippen LogP contribution in [0.3, 0.4) is 0 Å². The Morgan fingerprint density at radius 3 is 2.58 bits per heavy atom. The Hall–Kier alpha value is -2.62. The molecule has 0 unspecified atom stereocenters. The van der Waals surface area contributed by atoms with Gasteiger partial charge in [-0.3, -0.25) is 4.79 Å². The SMILES string of the molecule is COc1cc(/C=N\NC(=O)[C@H](O)c2ccccc2)cc(I)c1OCc1ccc(Cl)cc1. The monoisotopic (exact) mass is 550 g/mol. The highest BCUT2D eigenvalue weighted by Gasteiger charge is 2.16. The molecule has 160 valence electrons. The van der Waals surface area contributed by atoms with Gasteiger partial charge in [0.25, 0.3) is 5.91 Å². The van der Waals surface area contributed by atoms with Crippen LogP contribution in [0.2, 0.25) is 5.02 Å². The number of hydrogen-bond donors (Lipinski definition) is 2. The molecule has 2 N–H and O–H groups in total. The van der Waals surface area contributed by atoms with Crippen molar-refractivity contribution in [1.82, 2.24) is 5.43 Å². The number of amides is 1. The van der Waals surface area contributed by atoms with Gasteiger partial charge in [0.05, 0.1) is 16.9 Å². The second-order valence-corrected chi connectivity index (χ2v) is 8.10. The summed E-state index contributed by atoms with van der Waals surface area (Å²) in [4.78, 5) is 12.1. The number of nitrogens with zero attached hydrogens (tertiary/aromatic N) is 1. The number of hydrazone groups is 1. The van der Waals surface area contributed by atoms with Gasteiger partial charge in [-0.05, 0) is 63.5 Å². The molecule has 0 spiro atoms. The van der Waals surface area contributed by atoms with Crippen molar-refractivity contribution in [2.45, 2.75) is 12.7 Å². The van der Waals surface area contributed by atoms with Gasteiger partial charge in [0.1, 0.15) is 6.61 Å². The van der Waals surface area contributed by atoms with Gasteiger partial charge in [-0.1, -0.05) is 54.1 Å². The predicted octanol–water partition coefficient (Wildman–Crippen LogP) is 4.72. The van der Waals surface area contributed by atoms with E-state index in [1.807, 2.05) is 36.4 Å². The lowest BCUT2D eigenvalue weighted by molar-refractivity contribution is -0.129. The number of hydrogen-bond acceptors (Lipinski definition) is 5. The van der Waals surface area contributed by atoms with E-state index in [4.69, 9.17) is 21.1 Å². The highest BCUT2D eigenvalue weighted by molar-refractivity contribution is 14.1. The fraction of sp³-hybridized carbons (Fsp3) is 0.130. The molecule has 0 aromatic heterocycles. The van der Waals surface area contributed by atoms with E-state index in [1.54, 1.807) is 37.4 Å². The van der Waals surface area contributed by atoms with E-state index in [2.05, 4.69) is 33.1 Å². The van der Waals surface area contributed by atoms with Gasteiger partial charge in [0.2, 0.25) is 0 Å². The van der Waals surface area contributed by atoms with Crippen molar-refractivity contribution in [2.75, 3.05) is 7.11 Å². The highest BCUT2D eigenvalue weighted by Crippen LogP contribution is 2.34. The van der Waals surface area contributed by atoms with Crippen LogP contribution in [0.5, 0.6) is 11.5 Å². The molecule has 0 saturated carbocycles. The largest absolute Gasteiger partial charge is 0.493 e. The fourth-order valence-electron chi connectivity index (χ4n) is 2.71. The number of methoxy groups -OCH3 is 1. The van der Waals surface area contributed by atoms with E-state index >= 15 is 0 Å². The quantitative estimate of drug-likeness (QED) is 0.242. The van der Waals surface area contributed by atoms with E-state index < -0.39 is 12.0 Å². The maximum absolute atomic E-state index is 12.1. The van der Waals surface area contributed by atoms with Crippen LogP contribution in [-0.4, -0.2) is 24.3 Å². The Kier molecular flexibility index (Phi) is 8.27. The number of halogens is 2. The average Bonchev–Trinajstić information content (AvgIpc) is 2.79. The maximum atomic E-state index is 12.1. The zero-order chi connectivity index (χ0) is 22.2. The molecule has 3 aromatic rings. The van der Waals surface area contributed by atoms with Crippen LogP contribution < -0.4 is 14.9 Å². The standard InChI is InChI=1S/C23H20ClIN2O4/c1-30-20-12-16(13-26-27-23(29)21(28)17-5-3-2-4-6-17)11-19(25)22(20)31-14-15-7-9-18(24)10-8-15/h2-13,21,28H,14H2,1H3,(H,27,29)/b26-13-/t21-/m1/s1. The van der Waals surface area contributed by atoms with Gasteiger partial charge in [0.15, 0.2) is 17.6 Å². The first kappa shape index (κ1) is 23.1. The normalized spacial score (nSPS) is 11.9. The summed E-state index contributed by atoms with van der Waals surface area (Å²) >= 11 is 8.07. The van der Waals surface area contributed by atoms with Crippen LogP contribution in [0, 0.1) is 3.57 Å². The molecule has 0 aliphatic rings. The van der Waals surface area contributed by atoms with Gasteiger partial charge in [-0.2, -0.15) is 5.10 Å². The molecule has 1 amide bonds. The van der Waals surface area contributed by atoms with E-state index in [1.165, 1.54) is 6.21 Å². The molecule has 3 rings (SSSR count). The lowest BCUT2D eigenvalue weighted by atomic mass is 10.1. The van der Waals surface area contributed by atoms with Crippen molar-refractivity contribution in [3.8, 4) is 11.5 Å². The minimum absolute atomic E-state index is 0.365. The topological polar surface area (TPSA) is 80.2 Å². The van der Waals surface area contributed by atoms with Crippen molar-refractivity contribution < 1.29 is 19.4 Å². The minimum atomic E-state index is -1.29. The Bertz CT molecular complexity index is 1060. The van der Waals surface area contributed by atoms with Crippen LogP contribution in [0.25, 0.3) is 0 Å². The molecule has 0 radical (unpaired) electrons. The van der Waals surface area contributed by atoms with Crippen molar-refractivity contribution in [3.63, 3.8) is 0 Å². The molecule has 1 atom stereocenters. The summed E-state index contributed by atoms with van der Waals surface area (Å²) in [6.07, 6.45) is 0.181. The Morgan fingerprint density at radius 1 is 1.19 bits per heavy atom. The van der Waals surface area contributed by atoms with Gasteiger partial charge >= 0.3 is 0 Å². The molecule has 31 heavy (non-hydrogen) atoms. The zero-order valence-electron chi connectivity index (χ0n) is 16.6. The number of carbonyl (C=O) groups is 1. The van der Waals surface area contributed by atoms with E-state index in [0.29, 0.717) is 34.3 Å². The molecule has 0 saturated heterocycles.